The van der Waals surface area contributed by atoms with Gasteiger partial charge in [-0.25, -0.2) is 9.87 Å². The topological polar surface area (TPSA) is 76.4 Å². The summed E-state index contributed by atoms with van der Waals surface area (Å²) in [6.45, 7) is 0.649. The Morgan fingerprint density at radius 1 is 1.38 bits per heavy atom. The number of fused-ring (bicyclic) bond motifs is 1. The smallest absolute Gasteiger partial charge is 0.276 e. The summed E-state index contributed by atoms with van der Waals surface area (Å²) in [4.78, 5) is 15.6. The quantitative estimate of drug-likeness (QED) is 0.548. The maximum Gasteiger partial charge on any atom is 0.276 e. The molecule has 0 aliphatic carbocycles. The number of carbonyl (C=O) groups is 1. The maximum atomic E-state index is 13.7. The highest BCUT2D eigenvalue weighted by atomic mass is 35.5. The Kier molecular flexibility index (Phi) is 4.64. The van der Waals surface area contributed by atoms with E-state index in [-0.39, 0.29) is 17.9 Å². The first-order chi connectivity index (χ1) is 11.6. The molecule has 0 radical (unpaired) electrons. The predicted molar refractivity (Wildman–Crippen MR) is 85.9 cm³/mol. The molecule has 124 valence electrons. The van der Waals surface area contributed by atoms with E-state index >= 15 is 0 Å². The van der Waals surface area contributed by atoms with Crippen molar-refractivity contribution in [1.82, 2.24) is 15.0 Å². The molecule has 1 aromatic carbocycles. The molecule has 0 fully saturated rings. The lowest BCUT2D eigenvalue weighted by Gasteiger charge is -2.09. The molecule has 3 rings (SSSR count). The fourth-order valence-electron chi connectivity index (χ4n) is 2.29. The lowest BCUT2D eigenvalue weighted by molar-refractivity contribution is 0.0706. The van der Waals surface area contributed by atoms with Crippen LogP contribution in [0.2, 0.25) is 5.02 Å². The standard InChI is InChI=1S/C16H13ClFN3O3/c17-11-1-2-15(12(18)8-11)24-6-5-21-4-3-13-14(21)7-10(9-19-13)16(22)20-23/h1-4,7-9,23H,5-6H2,(H,20,22). The molecule has 0 unspecified atom stereocenters. The average Bonchev–Trinajstić information content (AvgIpc) is 2.98. The summed E-state index contributed by atoms with van der Waals surface area (Å²) in [6, 6.07) is 7.60. The second kappa shape index (κ2) is 6.86. The molecule has 0 spiro atoms. The molecule has 0 saturated heterocycles. The van der Waals surface area contributed by atoms with E-state index in [1.807, 2.05) is 4.57 Å². The van der Waals surface area contributed by atoms with E-state index in [1.54, 1.807) is 29.9 Å². The molecule has 0 atom stereocenters. The van der Waals surface area contributed by atoms with Crippen molar-refractivity contribution in [2.24, 2.45) is 0 Å². The Morgan fingerprint density at radius 2 is 2.21 bits per heavy atom. The van der Waals surface area contributed by atoms with Crippen LogP contribution in [-0.2, 0) is 6.54 Å². The summed E-state index contributed by atoms with van der Waals surface area (Å²) in [5, 5.41) is 9.00. The van der Waals surface area contributed by atoms with E-state index < -0.39 is 11.7 Å². The number of nitrogens with one attached hydrogen (secondary N) is 1. The number of nitrogens with zero attached hydrogens (tertiary/aromatic N) is 2. The van der Waals surface area contributed by atoms with E-state index in [0.29, 0.717) is 22.6 Å². The number of hydrogen-bond donors (Lipinski definition) is 2. The van der Waals surface area contributed by atoms with Gasteiger partial charge in [0.05, 0.1) is 23.1 Å². The van der Waals surface area contributed by atoms with Crippen molar-refractivity contribution in [2.75, 3.05) is 6.61 Å². The summed E-state index contributed by atoms with van der Waals surface area (Å²) in [5.74, 6) is -1.05. The third-order valence-electron chi connectivity index (χ3n) is 3.47. The minimum atomic E-state index is -0.642. The zero-order valence-electron chi connectivity index (χ0n) is 12.4. The Bertz CT molecular complexity index is 897. The highest BCUT2D eigenvalue weighted by molar-refractivity contribution is 6.30. The molecule has 0 saturated carbocycles. The lowest BCUT2D eigenvalue weighted by atomic mass is 10.2. The van der Waals surface area contributed by atoms with Crippen LogP contribution in [0.4, 0.5) is 4.39 Å². The van der Waals surface area contributed by atoms with Gasteiger partial charge in [-0.05, 0) is 30.3 Å². The minimum absolute atomic E-state index is 0.120. The van der Waals surface area contributed by atoms with Gasteiger partial charge in [0.15, 0.2) is 11.6 Å². The van der Waals surface area contributed by atoms with Crippen molar-refractivity contribution in [3.05, 3.63) is 59.1 Å². The molecule has 8 heteroatoms. The van der Waals surface area contributed by atoms with E-state index in [2.05, 4.69) is 4.98 Å². The molecule has 1 amide bonds. The van der Waals surface area contributed by atoms with Gasteiger partial charge in [-0.2, -0.15) is 0 Å². The normalized spacial score (nSPS) is 10.8. The molecule has 3 aromatic rings. The van der Waals surface area contributed by atoms with Crippen LogP contribution in [0.25, 0.3) is 11.0 Å². The van der Waals surface area contributed by atoms with Gasteiger partial charge >= 0.3 is 0 Å². The van der Waals surface area contributed by atoms with Crippen molar-refractivity contribution >= 4 is 28.5 Å². The van der Waals surface area contributed by atoms with Gasteiger partial charge in [-0.1, -0.05) is 11.6 Å². The number of hydroxylamine groups is 1. The Balaban J connectivity index is 1.74. The van der Waals surface area contributed by atoms with Gasteiger partial charge in [0, 0.05) is 17.4 Å². The molecular formula is C16H13ClFN3O3. The molecule has 0 aliphatic rings. The van der Waals surface area contributed by atoms with Crippen LogP contribution in [0.5, 0.6) is 5.75 Å². The molecule has 0 bridgehead atoms. The Hall–Kier alpha value is -2.64. The van der Waals surface area contributed by atoms with Crippen molar-refractivity contribution in [3.63, 3.8) is 0 Å². The van der Waals surface area contributed by atoms with Crippen LogP contribution in [0.1, 0.15) is 10.4 Å². The minimum Gasteiger partial charge on any atom is -0.489 e. The third-order valence-corrected chi connectivity index (χ3v) is 3.70. The van der Waals surface area contributed by atoms with Gasteiger partial charge in [0.1, 0.15) is 6.61 Å². The van der Waals surface area contributed by atoms with Gasteiger partial charge in [0.2, 0.25) is 0 Å². The molecule has 2 heterocycles. The first-order valence-electron chi connectivity index (χ1n) is 7.05. The zero-order valence-corrected chi connectivity index (χ0v) is 13.1. The first-order valence-corrected chi connectivity index (χ1v) is 7.43. The fourth-order valence-corrected chi connectivity index (χ4v) is 2.45. The monoisotopic (exact) mass is 349 g/mol. The number of halogens is 2. The lowest BCUT2D eigenvalue weighted by Crippen LogP contribution is -2.18. The number of carbonyl (C=O) groups excluding carboxylic acids is 1. The fraction of sp³-hybridized carbons (Fsp3) is 0.125. The molecule has 0 aliphatic heterocycles. The first kappa shape index (κ1) is 16.2. The van der Waals surface area contributed by atoms with Gasteiger partial charge in [-0.15, -0.1) is 0 Å². The number of rotatable bonds is 5. The Morgan fingerprint density at radius 3 is 2.96 bits per heavy atom. The van der Waals surface area contributed by atoms with Crippen LogP contribution in [0, 0.1) is 5.82 Å². The summed E-state index contributed by atoms with van der Waals surface area (Å²) in [7, 11) is 0. The Labute approximate surface area is 141 Å². The molecule has 2 aromatic heterocycles. The number of aromatic nitrogens is 2. The summed E-state index contributed by atoms with van der Waals surface area (Å²) < 4.78 is 20.9. The van der Waals surface area contributed by atoms with Crippen molar-refractivity contribution in [3.8, 4) is 5.75 Å². The van der Waals surface area contributed by atoms with E-state index in [9.17, 15) is 9.18 Å². The largest absolute Gasteiger partial charge is 0.489 e. The molecule has 6 nitrogen and oxygen atoms in total. The molecular weight excluding hydrogens is 337 g/mol. The highest BCUT2D eigenvalue weighted by Crippen LogP contribution is 2.21. The number of benzene rings is 1. The SMILES string of the molecule is O=C(NO)c1cnc2ccn(CCOc3ccc(Cl)cc3F)c2c1. The summed E-state index contributed by atoms with van der Waals surface area (Å²) in [6.07, 6.45) is 3.16. The predicted octanol–water partition coefficient (Wildman–Crippen LogP) is 3.03. The second-order valence-corrected chi connectivity index (χ2v) is 5.44. The second-order valence-electron chi connectivity index (χ2n) is 5.00. The van der Waals surface area contributed by atoms with Crippen LogP contribution < -0.4 is 10.2 Å². The van der Waals surface area contributed by atoms with Crippen molar-refractivity contribution in [2.45, 2.75) is 6.54 Å². The summed E-state index contributed by atoms with van der Waals surface area (Å²) in [5.41, 5.74) is 3.20. The number of ether oxygens (including phenoxy) is 1. The third kappa shape index (κ3) is 3.32. The van der Waals surface area contributed by atoms with Crippen LogP contribution in [0.15, 0.2) is 42.7 Å². The van der Waals surface area contributed by atoms with Gasteiger partial charge in [-0.3, -0.25) is 15.0 Å². The van der Waals surface area contributed by atoms with Gasteiger partial charge < -0.3 is 9.30 Å². The van der Waals surface area contributed by atoms with Crippen LogP contribution >= 0.6 is 11.6 Å². The maximum absolute atomic E-state index is 13.7. The number of amides is 1. The van der Waals surface area contributed by atoms with Crippen molar-refractivity contribution in [1.29, 1.82) is 0 Å². The van der Waals surface area contributed by atoms with Gasteiger partial charge in [0.25, 0.3) is 5.91 Å². The summed E-state index contributed by atoms with van der Waals surface area (Å²) >= 11 is 5.69. The highest BCUT2D eigenvalue weighted by Gasteiger charge is 2.09. The van der Waals surface area contributed by atoms with E-state index in [0.717, 1.165) is 0 Å². The zero-order chi connectivity index (χ0) is 17.1. The number of hydrogen-bond acceptors (Lipinski definition) is 4. The van der Waals surface area contributed by atoms with Crippen LogP contribution in [0.3, 0.4) is 0 Å². The van der Waals surface area contributed by atoms with E-state index in [1.165, 1.54) is 18.3 Å². The molecule has 24 heavy (non-hydrogen) atoms. The van der Waals surface area contributed by atoms with Crippen LogP contribution in [-0.4, -0.2) is 27.3 Å². The molecule has 2 N–H and O–H groups in total. The van der Waals surface area contributed by atoms with E-state index in [4.69, 9.17) is 21.5 Å². The number of pyridine rings is 1. The van der Waals surface area contributed by atoms with Crippen molar-refractivity contribution < 1.29 is 19.1 Å². The average molecular weight is 350 g/mol.